The Bertz CT molecular complexity index is 794. The van der Waals surface area contributed by atoms with Gasteiger partial charge in [0.15, 0.2) is 0 Å². The third-order valence-electron chi connectivity index (χ3n) is 5.28. The number of pyridine rings is 1. The smallest absolute Gasteiger partial charge is 0.317 e. The third kappa shape index (κ3) is 4.78. The van der Waals surface area contributed by atoms with Crippen molar-refractivity contribution in [2.75, 3.05) is 25.0 Å². The van der Waals surface area contributed by atoms with E-state index in [1.54, 1.807) is 24.2 Å². The van der Waals surface area contributed by atoms with Gasteiger partial charge in [-0.05, 0) is 49.6 Å². The van der Waals surface area contributed by atoms with E-state index in [-0.39, 0.29) is 30.5 Å². The van der Waals surface area contributed by atoms with E-state index < -0.39 is 0 Å². The minimum Gasteiger partial charge on any atom is -0.393 e. The van der Waals surface area contributed by atoms with Gasteiger partial charge in [-0.3, -0.25) is 4.98 Å². The normalized spacial score (nSPS) is 15.9. The minimum atomic E-state index is -0.307. The van der Waals surface area contributed by atoms with Crippen LogP contribution in [0.2, 0.25) is 0 Å². The number of urea groups is 1. The number of halogens is 1. The maximum Gasteiger partial charge on any atom is 0.317 e. The Morgan fingerprint density at radius 3 is 2.75 bits per heavy atom. The van der Waals surface area contributed by atoms with Crippen molar-refractivity contribution in [3.63, 3.8) is 0 Å². The fraction of sp³-hybridized carbons (Fsp3) is 0.429. The standard InChI is InChI=1S/C21H27FN4O2/c1-15(19-5-3-4-10-23-19)25(2)21(28)24-14-16-6-7-20(18(22)13-16)26-11-8-17(27)9-12-26/h3-7,10,13,15,17,27H,8-9,11-12,14H2,1-2H3,(H,24,28). The van der Waals surface area contributed by atoms with Crippen LogP contribution in [0.3, 0.4) is 0 Å². The highest BCUT2D eigenvalue weighted by atomic mass is 19.1. The number of aromatic nitrogens is 1. The molecule has 2 aromatic rings. The molecule has 2 N–H and O–H groups in total. The molecule has 0 bridgehead atoms. The molecule has 1 aliphatic heterocycles. The predicted molar refractivity (Wildman–Crippen MR) is 107 cm³/mol. The van der Waals surface area contributed by atoms with Crippen LogP contribution in [0.1, 0.15) is 37.1 Å². The number of carbonyl (C=O) groups excluding carboxylic acids is 1. The second-order valence-electron chi connectivity index (χ2n) is 7.20. The number of aliphatic hydroxyl groups is 1. The van der Waals surface area contributed by atoms with Gasteiger partial charge >= 0.3 is 6.03 Å². The van der Waals surface area contributed by atoms with Crippen molar-refractivity contribution in [2.45, 2.75) is 38.5 Å². The zero-order chi connectivity index (χ0) is 20.1. The molecule has 3 rings (SSSR count). The molecule has 1 aromatic carbocycles. The molecule has 2 heterocycles. The quantitative estimate of drug-likeness (QED) is 0.829. The number of nitrogens with zero attached hydrogens (tertiary/aromatic N) is 3. The van der Waals surface area contributed by atoms with Gasteiger partial charge in [-0.25, -0.2) is 9.18 Å². The first-order valence-corrected chi connectivity index (χ1v) is 9.58. The molecule has 150 valence electrons. The van der Waals surface area contributed by atoms with Crippen LogP contribution in [0.25, 0.3) is 0 Å². The first-order valence-electron chi connectivity index (χ1n) is 9.58. The molecule has 0 spiro atoms. The Morgan fingerprint density at radius 2 is 2.11 bits per heavy atom. The van der Waals surface area contributed by atoms with Gasteiger partial charge in [-0.15, -0.1) is 0 Å². The molecule has 0 radical (unpaired) electrons. The van der Waals surface area contributed by atoms with Crippen LogP contribution < -0.4 is 10.2 Å². The van der Waals surface area contributed by atoms with Crippen LogP contribution in [0.5, 0.6) is 0 Å². The van der Waals surface area contributed by atoms with Gasteiger partial charge in [0.05, 0.1) is 23.5 Å². The van der Waals surface area contributed by atoms with Gasteiger partial charge in [-0.2, -0.15) is 0 Å². The second-order valence-corrected chi connectivity index (χ2v) is 7.20. The molecule has 1 saturated heterocycles. The van der Waals surface area contributed by atoms with Crippen molar-refractivity contribution >= 4 is 11.7 Å². The lowest BCUT2D eigenvalue weighted by Gasteiger charge is -2.31. The molecule has 1 atom stereocenters. The van der Waals surface area contributed by atoms with Gasteiger partial charge in [-0.1, -0.05) is 12.1 Å². The fourth-order valence-corrected chi connectivity index (χ4v) is 3.32. The second kappa shape index (κ2) is 9.01. The largest absolute Gasteiger partial charge is 0.393 e. The SMILES string of the molecule is CC(c1ccccn1)N(C)C(=O)NCc1ccc(N2CCC(O)CC2)c(F)c1. The van der Waals surface area contributed by atoms with Crippen LogP contribution in [-0.2, 0) is 6.54 Å². The average Bonchev–Trinajstić information content (AvgIpc) is 2.72. The molecule has 0 aliphatic carbocycles. The molecule has 0 saturated carbocycles. The number of piperidine rings is 1. The Balaban J connectivity index is 1.57. The van der Waals surface area contributed by atoms with E-state index in [0.717, 1.165) is 5.69 Å². The maximum absolute atomic E-state index is 14.5. The van der Waals surface area contributed by atoms with Gasteiger partial charge in [0, 0.05) is 32.9 Å². The molecule has 6 nitrogen and oxygen atoms in total. The number of nitrogens with one attached hydrogen (secondary N) is 1. The topological polar surface area (TPSA) is 68.7 Å². The summed E-state index contributed by atoms with van der Waals surface area (Å²) in [6.07, 6.45) is 2.71. The highest BCUT2D eigenvalue weighted by molar-refractivity contribution is 5.74. The van der Waals surface area contributed by atoms with Gasteiger partial charge in [0.25, 0.3) is 0 Å². The minimum absolute atomic E-state index is 0.172. The number of hydrogen-bond donors (Lipinski definition) is 2. The van der Waals surface area contributed by atoms with E-state index in [4.69, 9.17) is 0 Å². The molecule has 2 amide bonds. The molecule has 1 aromatic heterocycles. The number of rotatable bonds is 5. The average molecular weight is 386 g/mol. The van der Waals surface area contributed by atoms with Crippen molar-refractivity contribution in [2.24, 2.45) is 0 Å². The molecule has 1 fully saturated rings. The third-order valence-corrected chi connectivity index (χ3v) is 5.28. The van der Waals surface area contributed by atoms with Crippen LogP contribution in [-0.4, -0.2) is 47.3 Å². The number of carbonyl (C=O) groups is 1. The summed E-state index contributed by atoms with van der Waals surface area (Å²) in [4.78, 5) is 20.2. The summed E-state index contributed by atoms with van der Waals surface area (Å²) in [7, 11) is 1.71. The summed E-state index contributed by atoms with van der Waals surface area (Å²) in [6, 6.07) is 10.2. The highest BCUT2D eigenvalue weighted by Crippen LogP contribution is 2.24. The summed E-state index contributed by atoms with van der Waals surface area (Å²) in [5.74, 6) is -0.307. The number of benzene rings is 1. The number of amides is 2. The summed E-state index contributed by atoms with van der Waals surface area (Å²) >= 11 is 0. The van der Waals surface area contributed by atoms with E-state index in [0.29, 0.717) is 37.2 Å². The van der Waals surface area contributed by atoms with Crippen LogP contribution in [0.15, 0.2) is 42.6 Å². The fourth-order valence-electron chi connectivity index (χ4n) is 3.32. The van der Waals surface area contributed by atoms with Crippen molar-refractivity contribution in [1.29, 1.82) is 0 Å². The van der Waals surface area contributed by atoms with Crippen molar-refractivity contribution in [3.8, 4) is 0 Å². The molecule has 1 aliphatic rings. The Labute approximate surface area is 165 Å². The van der Waals surface area contributed by atoms with Crippen LogP contribution in [0.4, 0.5) is 14.9 Å². The van der Waals surface area contributed by atoms with E-state index in [2.05, 4.69) is 10.3 Å². The Morgan fingerprint density at radius 1 is 1.36 bits per heavy atom. The van der Waals surface area contributed by atoms with Gasteiger partial charge < -0.3 is 20.2 Å². The van der Waals surface area contributed by atoms with Crippen LogP contribution >= 0.6 is 0 Å². The molecule has 1 unspecified atom stereocenters. The van der Waals surface area contributed by atoms with E-state index in [1.165, 1.54) is 6.07 Å². The zero-order valence-electron chi connectivity index (χ0n) is 16.3. The monoisotopic (exact) mass is 386 g/mol. The van der Waals surface area contributed by atoms with Gasteiger partial charge in [0.2, 0.25) is 0 Å². The highest BCUT2D eigenvalue weighted by Gasteiger charge is 2.20. The number of anilines is 1. The molecular formula is C21H27FN4O2. The lowest BCUT2D eigenvalue weighted by Crippen LogP contribution is -2.38. The van der Waals surface area contributed by atoms with Crippen molar-refractivity contribution in [1.82, 2.24) is 15.2 Å². The lowest BCUT2D eigenvalue weighted by atomic mass is 10.1. The maximum atomic E-state index is 14.5. The van der Waals surface area contributed by atoms with Gasteiger partial charge in [0.1, 0.15) is 5.82 Å². The summed E-state index contributed by atoms with van der Waals surface area (Å²) in [5, 5.41) is 12.4. The molecular weight excluding hydrogens is 359 g/mol. The van der Waals surface area contributed by atoms with Crippen molar-refractivity contribution in [3.05, 3.63) is 59.7 Å². The van der Waals surface area contributed by atoms with E-state index in [1.807, 2.05) is 36.1 Å². The number of hydrogen-bond acceptors (Lipinski definition) is 4. The Kier molecular flexibility index (Phi) is 6.46. The number of aliphatic hydroxyl groups excluding tert-OH is 1. The zero-order valence-corrected chi connectivity index (χ0v) is 16.3. The Hall–Kier alpha value is -2.67. The summed E-state index contributed by atoms with van der Waals surface area (Å²) < 4.78 is 14.5. The first kappa shape index (κ1) is 20.1. The first-order chi connectivity index (χ1) is 13.5. The molecule has 28 heavy (non-hydrogen) atoms. The van der Waals surface area contributed by atoms with Crippen molar-refractivity contribution < 1.29 is 14.3 Å². The molecule has 7 heteroatoms. The van der Waals surface area contributed by atoms with Crippen LogP contribution in [0, 0.1) is 5.82 Å². The summed E-state index contributed by atoms with van der Waals surface area (Å²) in [5.41, 5.74) is 2.05. The van der Waals surface area contributed by atoms with E-state index >= 15 is 0 Å². The predicted octanol–water partition coefficient (Wildman–Crippen LogP) is 3.08. The van der Waals surface area contributed by atoms with E-state index in [9.17, 15) is 14.3 Å². The summed E-state index contributed by atoms with van der Waals surface area (Å²) in [6.45, 7) is 3.44. The lowest BCUT2D eigenvalue weighted by molar-refractivity contribution is 0.145.